The third-order valence-corrected chi connectivity index (χ3v) is 1.60. The average molecular weight is 247 g/mol. The summed E-state index contributed by atoms with van der Waals surface area (Å²) in [7, 11) is 0. The zero-order valence-electron chi connectivity index (χ0n) is 4.60. The molecule has 0 aliphatic heterocycles. The van der Waals surface area contributed by atoms with Crippen molar-refractivity contribution in [1.82, 2.24) is 5.32 Å². The van der Waals surface area contributed by atoms with Gasteiger partial charge >= 0.3 is 6.09 Å². The van der Waals surface area contributed by atoms with E-state index >= 15 is 0 Å². The smallest absolute Gasteiger partial charge is 0.404 e. The van der Waals surface area contributed by atoms with E-state index in [0.717, 1.165) is 0 Å². The van der Waals surface area contributed by atoms with Crippen LogP contribution in [0.2, 0.25) is 0 Å². The molecule has 0 saturated carbocycles. The number of hydrogen-bond acceptors (Lipinski definition) is 1. The van der Waals surface area contributed by atoms with Gasteiger partial charge in [-0.05, 0) is 0 Å². The third kappa shape index (κ3) is 5.81. The highest BCUT2D eigenvalue weighted by atomic mass is 127. The summed E-state index contributed by atoms with van der Waals surface area (Å²) < 4.78 is 12.5. The number of amides is 1. The lowest BCUT2D eigenvalue weighted by molar-refractivity contribution is 0.190. The maximum atomic E-state index is 12.2. The molecule has 0 heterocycles. The molecular weight excluding hydrogens is 240 g/mol. The minimum atomic E-state index is -1.18. The summed E-state index contributed by atoms with van der Waals surface area (Å²) in [6.45, 7) is -0.113. The summed E-state index contributed by atoms with van der Waals surface area (Å²) in [4.78, 5) is 9.74. The van der Waals surface area contributed by atoms with Crippen molar-refractivity contribution in [3.63, 3.8) is 0 Å². The van der Waals surface area contributed by atoms with Crippen LogP contribution in [-0.2, 0) is 0 Å². The van der Waals surface area contributed by atoms with Crippen molar-refractivity contribution < 1.29 is 14.3 Å². The van der Waals surface area contributed by atoms with Gasteiger partial charge in [-0.3, -0.25) is 0 Å². The van der Waals surface area contributed by atoms with E-state index < -0.39 is 12.3 Å². The molecular formula is C4H7FINO2. The van der Waals surface area contributed by atoms with E-state index in [0.29, 0.717) is 4.43 Å². The van der Waals surface area contributed by atoms with Gasteiger partial charge in [-0.2, -0.15) is 0 Å². The first-order chi connectivity index (χ1) is 4.16. The lowest BCUT2D eigenvalue weighted by Gasteiger charge is -2.01. The van der Waals surface area contributed by atoms with E-state index in [9.17, 15) is 9.18 Å². The van der Waals surface area contributed by atoms with E-state index in [-0.39, 0.29) is 6.54 Å². The summed E-state index contributed by atoms with van der Waals surface area (Å²) in [6.07, 6.45) is -2.25. The van der Waals surface area contributed by atoms with Crippen LogP contribution in [0.1, 0.15) is 0 Å². The van der Waals surface area contributed by atoms with Gasteiger partial charge in [0.25, 0.3) is 0 Å². The Kier molecular flexibility index (Phi) is 4.74. The number of halogens is 2. The first kappa shape index (κ1) is 8.93. The van der Waals surface area contributed by atoms with Crippen LogP contribution in [-0.4, -0.2) is 28.3 Å². The Balaban J connectivity index is 3.16. The highest BCUT2D eigenvalue weighted by molar-refractivity contribution is 14.1. The van der Waals surface area contributed by atoms with Crippen LogP contribution in [0.4, 0.5) is 9.18 Å². The molecule has 2 N–H and O–H groups in total. The fourth-order valence-electron chi connectivity index (χ4n) is 0.253. The maximum Gasteiger partial charge on any atom is 0.404 e. The second-order valence-electron chi connectivity index (χ2n) is 1.44. The van der Waals surface area contributed by atoms with Gasteiger partial charge in [0.1, 0.15) is 6.17 Å². The van der Waals surface area contributed by atoms with Crippen LogP contribution in [0.15, 0.2) is 0 Å². The van der Waals surface area contributed by atoms with Crippen LogP contribution < -0.4 is 5.32 Å². The first-order valence-electron chi connectivity index (χ1n) is 2.33. The molecule has 0 bridgehead atoms. The fourth-order valence-corrected chi connectivity index (χ4v) is 0.564. The standard InChI is InChI=1S/C4H7FINO2/c5-3(1-6)2-7-4(8)9/h3,7H,1-2H2,(H,8,9)/t3-/m1/s1. The molecule has 0 rings (SSSR count). The molecule has 54 valence electrons. The Labute approximate surface area is 65.8 Å². The van der Waals surface area contributed by atoms with Gasteiger partial charge in [0.2, 0.25) is 0 Å². The molecule has 0 fully saturated rings. The van der Waals surface area contributed by atoms with Crippen LogP contribution in [0, 0.1) is 0 Å². The van der Waals surface area contributed by atoms with Crippen molar-refractivity contribution in [1.29, 1.82) is 0 Å². The fraction of sp³-hybridized carbons (Fsp3) is 0.750. The minimum absolute atomic E-state index is 0.113. The number of carbonyl (C=O) groups is 1. The van der Waals surface area contributed by atoms with Gasteiger partial charge in [-0.15, -0.1) is 0 Å². The molecule has 0 aliphatic carbocycles. The lowest BCUT2D eigenvalue weighted by Crippen LogP contribution is -2.29. The summed E-state index contributed by atoms with van der Waals surface area (Å²) in [5.41, 5.74) is 0. The Bertz CT molecular complexity index is 101. The first-order valence-corrected chi connectivity index (χ1v) is 3.86. The van der Waals surface area contributed by atoms with Crippen molar-refractivity contribution in [3.05, 3.63) is 0 Å². The maximum absolute atomic E-state index is 12.2. The van der Waals surface area contributed by atoms with Gasteiger partial charge in [0.05, 0.1) is 6.54 Å². The van der Waals surface area contributed by atoms with Crippen LogP contribution in [0.25, 0.3) is 0 Å². The van der Waals surface area contributed by atoms with Gasteiger partial charge in [-0.1, -0.05) is 22.6 Å². The summed E-state index contributed by atoms with van der Waals surface area (Å²) in [5.74, 6) is 0. The molecule has 1 amide bonds. The summed E-state index contributed by atoms with van der Waals surface area (Å²) in [5, 5.41) is 9.91. The van der Waals surface area contributed by atoms with Crippen LogP contribution in [0.3, 0.4) is 0 Å². The zero-order valence-corrected chi connectivity index (χ0v) is 6.76. The summed E-state index contributed by atoms with van der Waals surface area (Å²) in [6, 6.07) is 0. The number of carboxylic acid groups (broad SMARTS) is 1. The molecule has 0 aromatic rings. The molecule has 0 spiro atoms. The lowest BCUT2D eigenvalue weighted by atomic mass is 10.4. The van der Waals surface area contributed by atoms with E-state index in [4.69, 9.17) is 5.11 Å². The van der Waals surface area contributed by atoms with Crippen molar-refractivity contribution in [2.45, 2.75) is 6.17 Å². The molecule has 3 nitrogen and oxygen atoms in total. The Morgan fingerprint density at radius 3 is 2.78 bits per heavy atom. The van der Waals surface area contributed by atoms with Gasteiger partial charge in [-0.25, -0.2) is 9.18 Å². The Hall–Kier alpha value is -0.0700. The molecule has 0 aliphatic rings. The van der Waals surface area contributed by atoms with E-state index in [2.05, 4.69) is 0 Å². The minimum Gasteiger partial charge on any atom is -0.465 e. The number of nitrogens with one attached hydrogen (secondary N) is 1. The monoisotopic (exact) mass is 247 g/mol. The highest BCUT2D eigenvalue weighted by Gasteiger charge is 2.03. The van der Waals surface area contributed by atoms with Gasteiger partial charge in [0.15, 0.2) is 0 Å². The molecule has 0 radical (unpaired) electrons. The van der Waals surface area contributed by atoms with Gasteiger partial charge < -0.3 is 10.4 Å². The van der Waals surface area contributed by atoms with E-state index in [1.54, 1.807) is 0 Å². The number of rotatable bonds is 3. The quantitative estimate of drug-likeness (QED) is 0.578. The SMILES string of the molecule is O=C(O)NC[C@H](F)CI. The normalized spacial score (nSPS) is 12.7. The van der Waals surface area contributed by atoms with Crippen LogP contribution in [0.5, 0.6) is 0 Å². The van der Waals surface area contributed by atoms with Gasteiger partial charge in [0, 0.05) is 4.43 Å². The van der Waals surface area contributed by atoms with Crippen LogP contribution >= 0.6 is 22.6 Å². The molecule has 0 unspecified atom stereocenters. The molecule has 0 aromatic carbocycles. The highest BCUT2D eigenvalue weighted by Crippen LogP contribution is 1.93. The summed E-state index contributed by atoms with van der Waals surface area (Å²) >= 11 is 1.85. The second kappa shape index (κ2) is 4.78. The molecule has 0 saturated heterocycles. The van der Waals surface area contributed by atoms with Crippen molar-refractivity contribution in [3.8, 4) is 0 Å². The molecule has 5 heteroatoms. The topological polar surface area (TPSA) is 49.3 Å². The van der Waals surface area contributed by atoms with Crippen molar-refractivity contribution in [2.24, 2.45) is 0 Å². The second-order valence-corrected chi connectivity index (χ2v) is 2.32. The third-order valence-electron chi connectivity index (χ3n) is 0.642. The van der Waals surface area contributed by atoms with Crippen molar-refractivity contribution in [2.75, 3.05) is 11.0 Å². The molecule has 1 atom stereocenters. The zero-order chi connectivity index (χ0) is 7.28. The predicted molar refractivity (Wildman–Crippen MR) is 39.8 cm³/mol. The Morgan fingerprint density at radius 1 is 1.89 bits per heavy atom. The predicted octanol–water partition coefficient (Wildman–Crippen LogP) is 1.03. The largest absolute Gasteiger partial charge is 0.465 e. The average Bonchev–Trinajstić information content (AvgIpc) is 1.83. The molecule has 9 heavy (non-hydrogen) atoms. The number of hydrogen-bond donors (Lipinski definition) is 2. The van der Waals surface area contributed by atoms with E-state index in [1.807, 2.05) is 27.9 Å². The number of alkyl halides is 2. The van der Waals surface area contributed by atoms with E-state index in [1.165, 1.54) is 0 Å². The molecule has 0 aromatic heterocycles. The van der Waals surface area contributed by atoms with Crippen molar-refractivity contribution >= 4 is 28.7 Å². The Morgan fingerprint density at radius 2 is 2.44 bits per heavy atom.